The molecule has 1 atom stereocenters. The van der Waals surface area contributed by atoms with Gasteiger partial charge in [0.2, 0.25) is 0 Å². The maximum absolute atomic E-state index is 13.6. The molecular weight excluding hydrogens is 240 g/mol. The van der Waals surface area contributed by atoms with Crippen molar-refractivity contribution in [3.8, 4) is 0 Å². The first-order valence-electron chi connectivity index (χ1n) is 5.82. The van der Waals surface area contributed by atoms with Crippen molar-refractivity contribution in [1.29, 1.82) is 0 Å². The summed E-state index contributed by atoms with van der Waals surface area (Å²) < 4.78 is 26.4. The summed E-state index contributed by atoms with van der Waals surface area (Å²) in [5, 5.41) is 2.67. The second-order valence-corrected chi connectivity index (χ2v) is 4.26. The zero-order valence-electron chi connectivity index (χ0n) is 9.83. The van der Waals surface area contributed by atoms with Crippen LogP contribution >= 0.6 is 0 Å². The molecule has 1 aromatic rings. The molecule has 1 heterocycles. The Hall–Kier alpha value is -1.69. The Kier molecular flexibility index (Phi) is 3.76. The highest BCUT2D eigenvalue weighted by Crippen LogP contribution is 2.23. The first-order chi connectivity index (χ1) is 8.61. The monoisotopic (exact) mass is 255 g/mol. The minimum atomic E-state index is -0.638. The Morgan fingerprint density at radius 1 is 1.44 bits per heavy atom. The van der Waals surface area contributed by atoms with Gasteiger partial charge in [-0.15, -0.1) is 0 Å². The summed E-state index contributed by atoms with van der Waals surface area (Å²) in [7, 11) is 0. The highest BCUT2D eigenvalue weighted by molar-refractivity contribution is 5.77. The SMILES string of the molecule is NCCCN1CC(c2ccc(F)cc2F)NC1=O. The third-order valence-corrected chi connectivity index (χ3v) is 2.96. The van der Waals surface area contributed by atoms with Gasteiger partial charge in [-0.25, -0.2) is 13.6 Å². The van der Waals surface area contributed by atoms with Crippen LogP contribution in [0.15, 0.2) is 18.2 Å². The molecule has 1 aliphatic rings. The molecule has 1 saturated heterocycles. The number of rotatable bonds is 4. The van der Waals surface area contributed by atoms with E-state index in [0.717, 1.165) is 6.07 Å². The molecule has 1 unspecified atom stereocenters. The minimum absolute atomic E-state index is 0.239. The lowest BCUT2D eigenvalue weighted by atomic mass is 10.1. The van der Waals surface area contributed by atoms with Gasteiger partial charge in [0.1, 0.15) is 11.6 Å². The lowest BCUT2D eigenvalue weighted by Crippen LogP contribution is -2.30. The highest BCUT2D eigenvalue weighted by Gasteiger charge is 2.30. The van der Waals surface area contributed by atoms with Crippen LogP contribution in [0.5, 0.6) is 0 Å². The van der Waals surface area contributed by atoms with Crippen LogP contribution in [0.2, 0.25) is 0 Å². The molecule has 2 amide bonds. The second kappa shape index (κ2) is 5.30. The predicted octanol–water partition coefficient (Wildman–Crippen LogP) is 1.38. The van der Waals surface area contributed by atoms with E-state index in [0.29, 0.717) is 31.6 Å². The standard InChI is InChI=1S/C12H15F2N3O/c13-8-2-3-9(10(14)6-8)11-7-17(5-1-4-15)12(18)16-11/h2-3,6,11H,1,4-5,7,15H2,(H,16,18). The molecule has 3 N–H and O–H groups in total. The molecule has 98 valence electrons. The maximum Gasteiger partial charge on any atom is 0.318 e. The van der Waals surface area contributed by atoms with E-state index in [2.05, 4.69) is 5.32 Å². The Morgan fingerprint density at radius 2 is 2.22 bits per heavy atom. The fourth-order valence-corrected chi connectivity index (χ4v) is 2.02. The van der Waals surface area contributed by atoms with Crippen molar-refractivity contribution in [3.05, 3.63) is 35.4 Å². The van der Waals surface area contributed by atoms with Crippen molar-refractivity contribution in [1.82, 2.24) is 10.2 Å². The molecule has 18 heavy (non-hydrogen) atoms. The zero-order chi connectivity index (χ0) is 13.1. The predicted molar refractivity (Wildman–Crippen MR) is 62.9 cm³/mol. The molecule has 0 aliphatic carbocycles. The highest BCUT2D eigenvalue weighted by atomic mass is 19.1. The number of nitrogens with one attached hydrogen (secondary N) is 1. The summed E-state index contributed by atoms with van der Waals surface area (Å²) in [6, 6.07) is 2.70. The second-order valence-electron chi connectivity index (χ2n) is 4.26. The third-order valence-electron chi connectivity index (χ3n) is 2.96. The topological polar surface area (TPSA) is 58.4 Å². The third kappa shape index (κ3) is 2.59. The molecule has 6 heteroatoms. The summed E-state index contributed by atoms with van der Waals surface area (Å²) in [6.45, 7) is 1.42. The summed E-state index contributed by atoms with van der Waals surface area (Å²) in [4.78, 5) is 13.2. The minimum Gasteiger partial charge on any atom is -0.330 e. The Labute approximate surface area is 104 Å². The van der Waals surface area contributed by atoms with Crippen molar-refractivity contribution >= 4 is 6.03 Å². The number of nitrogens with two attached hydrogens (primary N) is 1. The van der Waals surface area contributed by atoms with Gasteiger partial charge < -0.3 is 16.0 Å². The van der Waals surface area contributed by atoms with E-state index in [1.54, 1.807) is 4.90 Å². The van der Waals surface area contributed by atoms with Crippen molar-refractivity contribution in [3.63, 3.8) is 0 Å². The van der Waals surface area contributed by atoms with Crippen LogP contribution in [0.4, 0.5) is 13.6 Å². The Morgan fingerprint density at radius 3 is 2.89 bits per heavy atom. The van der Waals surface area contributed by atoms with Crippen LogP contribution in [-0.4, -0.2) is 30.6 Å². The number of urea groups is 1. The van der Waals surface area contributed by atoms with Crippen molar-refractivity contribution in [2.45, 2.75) is 12.5 Å². The average Bonchev–Trinajstić information content (AvgIpc) is 2.68. The molecular formula is C12H15F2N3O. The van der Waals surface area contributed by atoms with Gasteiger partial charge in [-0.2, -0.15) is 0 Å². The number of amides is 2. The van der Waals surface area contributed by atoms with Crippen LogP contribution in [-0.2, 0) is 0 Å². The molecule has 0 spiro atoms. The van der Waals surface area contributed by atoms with E-state index >= 15 is 0 Å². The van der Waals surface area contributed by atoms with E-state index in [-0.39, 0.29) is 6.03 Å². The van der Waals surface area contributed by atoms with Crippen molar-refractivity contribution < 1.29 is 13.6 Å². The van der Waals surface area contributed by atoms with Gasteiger partial charge >= 0.3 is 6.03 Å². The molecule has 0 saturated carbocycles. The van der Waals surface area contributed by atoms with Crippen LogP contribution < -0.4 is 11.1 Å². The molecule has 0 radical (unpaired) electrons. The lowest BCUT2D eigenvalue weighted by molar-refractivity contribution is 0.217. The van der Waals surface area contributed by atoms with Gasteiger partial charge in [0.15, 0.2) is 0 Å². The van der Waals surface area contributed by atoms with Gasteiger partial charge in [-0.05, 0) is 19.0 Å². The number of halogens is 2. The number of hydrogen-bond acceptors (Lipinski definition) is 2. The average molecular weight is 255 g/mol. The smallest absolute Gasteiger partial charge is 0.318 e. The summed E-state index contributed by atoms with van der Waals surface area (Å²) in [5.74, 6) is -1.26. The van der Waals surface area contributed by atoms with E-state index in [9.17, 15) is 13.6 Å². The molecule has 4 nitrogen and oxygen atoms in total. The van der Waals surface area contributed by atoms with E-state index in [4.69, 9.17) is 5.73 Å². The molecule has 1 fully saturated rings. The fraction of sp³-hybridized carbons (Fsp3) is 0.417. The first-order valence-corrected chi connectivity index (χ1v) is 5.82. The van der Waals surface area contributed by atoms with Crippen LogP contribution in [0.3, 0.4) is 0 Å². The van der Waals surface area contributed by atoms with Gasteiger partial charge in [-0.3, -0.25) is 0 Å². The van der Waals surface area contributed by atoms with Gasteiger partial charge in [0.05, 0.1) is 6.04 Å². The Balaban J connectivity index is 2.09. The van der Waals surface area contributed by atoms with Crippen LogP contribution in [0.25, 0.3) is 0 Å². The molecule has 2 rings (SSSR count). The van der Waals surface area contributed by atoms with E-state index in [1.165, 1.54) is 12.1 Å². The first kappa shape index (κ1) is 12.8. The molecule has 1 aromatic carbocycles. The Bertz CT molecular complexity index is 453. The van der Waals surface area contributed by atoms with Gasteiger partial charge in [0, 0.05) is 24.7 Å². The number of carbonyl (C=O) groups is 1. The normalized spacial score (nSPS) is 19.2. The van der Waals surface area contributed by atoms with Gasteiger partial charge in [0.25, 0.3) is 0 Å². The molecule has 0 aromatic heterocycles. The van der Waals surface area contributed by atoms with Gasteiger partial charge in [-0.1, -0.05) is 6.07 Å². The van der Waals surface area contributed by atoms with Crippen LogP contribution in [0, 0.1) is 11.6 Å². The fourth-order valence-electron chi connectivity index (χ4n) is 2.02. The summed E-state index contributed by atoms with van der Waals surface area (Å²) in [5.41, 5.74) is 5.68. The number of benzene rings is 1. The molecule has 0 bridgehead atoms. The zero-order valence-corrected chi connectivity index (χ0v) is 9.83. The van der Waals surface area contributed by atoms with Crippen molar-refractivity contribution in [2.75, 3.05) is 19.6 Å². The molecule has 1 aliphatic heterocycles. The number of hydrogen-bond donors (Lipinski definition) is 2. The number of carbonyl (C=O) groups excluding carboxylic acids is 1. The maximum atomic E-state index is 13.6. The summed E-state index contributed by atoms with van der Waals surface area (Å²) in [6.07, 6.45) is 0.700. The van der Waals surface area contributed by atoms with E-state index in [1.807, 2.05) is 0 Å². The van der Waals surface area contributed by atoms with Crippen LogP contribution in [0.1, 0.15) is 18.0 Å². The summed E-state index contributed by atoms with van der Waals surface area (Å²) >= 11 is 0. The quantitative estimate of drug-likeness (QED) is 0.854. The van der Waals surface area contributed by atoms with E-state index < -0.39 is 17.7 Å². The van der Waals surface area contributed by atoms with Crippen molar-refractivity contribution in [2.24, 2.45) is 5.73 Å². The lowest BCUT2D eigenvalue weighted by Gasteiger charge is -2.14. The number of nitrogens with zero attached hydrogens (tertiary/aromatic N) is 1. The largest absolute Gasteiger partial charge is 0.330 e.